The van der Waals surface area contributed by atoms with Gasteiger partial charge in [-0.2, -0.15) is 0 Å². The first-order chi connectivity index (χ1) is 24.7. The molecule has 3 aliphatic heterocycles. The molecule has 23 heteroatoms. The zero-order valence-corrected chi connectivity index (χ0v) is 28.5. The highest BCUT2D eigenvalue weighted by atomic mass is 16.8. The van der Waals surface area contributed by atoms with E-state index in [9.17, 15) is 45.6 Å². The topological polar surface area (TPSA) is 409 Å². The summed E-state index contributed by atoms with van der Waals surface area (Å²) in [5.74, 6) is -1.07. The molecule has 0 aromatic rings. The van der Waals surface area contributed by atoms with Crippen molar-refractivity contribution in [2.45, 2.75) is 135 Å². The minimum absolute atomic E-state index is 0.0377. The predicted molar refractivity (Wildman–Crippen MR) is 173 cm³/mol. The Bertz CT molecular complexity index is 1110. The Morgan fingerprint density at radius 2 is 1.38 bits per heavy atom. The lowest BCUT2D eigenvalue weighted by atomic mass is 9.83. The molecule has 1 saturated carbocycles. The van der Waals surface area contributed by atoms with E-state index >= 15 is 0 Å². The molecule has 3 heterocycles. The lowest BCUT2D eigenvalue weighted by molar-refractivity contribution is -0.296. The van der Waals surface area contributed by atoms with Crippen molar-refractivity contribution in [1.82, 2.24) is 10.6 Å². The molecule has 23 nitrogen and oxygen atoms in total. The summed E-state index contributed by atoms with van der Waals surface area (Å²) in [5, 5.41) is 98.8. The van der Waals surface area contributed by atoms with Crippen molar-refractivity contribution in [2.24, 2.45) is 28.7 Å². The van der Waals surface area contributed by atoms with E-state index in [1.807, 2.05) is 0 Å². The van der Waals surface area contributed by atoms with Crippen molar-refractivity contribution in [3.63, 3.8) is 0 Å². The quantitative estimate of drug-likeness (QED) is 0.0649. The van der Waals surface area contributed by atoms with Gasteiger partial charge in [0.25, 0.3) is 5.91 Å². The van der Waals surface area contributed by atoms with Crippen LogP contribution in [0.5, 0.6) is 0 Å². The van der Waals surface area contributed by atoms with Crippen LogP contribution in [0.25, 0.3) is 0 Å². The number of rotatable bonds is 16. The second-order valence-corrected chi connectivity index (χ2v) is 13.5. The number of carbonyl (C=O) groups is 1. The highest BCUT2D eigenvalue weighted by molar-refractivity contribution is 5.81. The molecule has 4 aliphatic rings. The Balaban J connectivity index is 1.56. The van der Waals surface area contributed by atoms with E-state index in [1.165, 1.54) is 0 Å². The average molecular weight is 760 g/mol. The number of aliphatic hydroxyl groups is 9. The van der Waals surface area contributed by atoms with E-state index in [0.29, 0.717) is 0 Å². The van der Waals surface area contributed by atoms with Gasteiger partial charge in [0.15, 0.2) is 25.0 Å². The van der Waals surface area contributed by atoms with Crippen LogP contribution < -0.4 is 39.3 Å². The normalized spacial score (nSPS) is 45.4. The summed E-state index contributed by atoms with van der Waals surface area (Å²) in [6.45, 7) is -1.18. The van der Waals surface area contributed by atoms with Crippen molar-refractivity contribution >= 4 is 5.91 Å². The maximum absolute atomic E-state index is 12.8. The standard InChI is InChI=1S/C29H57N7O16/c30-5-13(40)19(42)26(46)36-11-3-9(32)23(50-27-10(33)4-12(39)15(48-27)7-35-1-2-37)25(18(11)41)52-29-22(45)24(16(8-38)49-29)51-28-17(34)21(44)20(43)14(6-31)47-28/h9-25,27-29,35,37-45H,1-8,30-34H2,(H,36,46)/t9-,10+,11+,12-,13+,14-,15+,16+,17+,18-,19-,20+,21+,22+,23+,24+,25+,27+,28+,29-/m0/s1. The largest absolute Gasteiger partial charge is 0.395 e. The molecule has 0 unspecified atom stereocenters. The fraction of sp³-hybridized carbons (Fsp3) is 0.966. The molecule has 0 aromatic carbocycles. The molecule has 1 amide bonds. The Kier molecular flexibility index (Phi) is 16.2. The third-order valence-electron chi connectivity index (χ3n) is 9.78. The average Bonchev–Trinajstić information content (AvgIpc) is 3.42. The highest BCUT2D eigenvalue weighted by Crippen LogP contribution is 2.34. The van der Waals surface area contributed by atoms with E-state index in [1.54, 1.807) is 0 Å². The number of aliphatic hydroxyl groups excluding tert-OH is 9. The van der Waals surface area contributed by atoms with Crippen molar-refractivity contribution in [2.75, 3.05) is 39.4 Å². The number of hydrogen-bond acceptors (Lipinski definition) is 22. The monoisotopic (exact) mass is 759 g/mol. The van der Waals surface area contributed by atoms with Gasteiger partial charge >= 0.3 is 0 Å². The van der Waals surface area contributed by atoms with Crippen LogP contribution in [0.4, 0.5) is 0 Å². The van der Waals surface area contributed by atoms with E-state index < -0.39 is 141 Å². The van der Waals surface area contributed by atoms with Crippen LogP contribution in [0.2, 0.25) is 0 Å². The maximum Gasteiger partial charge on any atom is 0.251 e. The van der Waals surface area contributed by atoms with Gasteiger partial charge in [0.05, 0.1) is 43.5 Å². The summed E-state index contributed by atoms with van der Waals surface area (Å²) in [6, 6.07) is -4.48. The molecule has 3 saturated heterocycles. The predicted octanol–water partition coefficient (Wildman–Crippen LogP) is -10.4. The van der Waals surface area contributed by atoms with Gasteiger partial charge in [-0.15, -0.1) is 0 Å². The van der Waals surface area contributed by atoms with Gasteiger partial charge < -0.3 is 114 Å². The number of nitrogens with two attached hydrogens (primary N) is 5. The molecule has 52 heavy (non-hydrogen) atoms. The Labute approximate surface area is 299 Å². The molecule has 4 rings (SSSR count). The minimum Gasteiger partial charge on any atom is -0.395 e. The molecule has 0 aromatic heterocycles. The van der Waals surface area contributed by atoms with Crippen LogP contribution in [0.1, 0.15) is 12.8 Å². The van der Waals surface area contributed by atoms with Gasteiger partial charge in [0.1, 0.15) is 61.0 Å². The molecular formula is C29H57N7O16. The summed E-state index contributed by atoms with van der Waals surface area (Å²) in [7, 11) is 0. The second-order valence-electron chi connectivity index (χ2n) is 13.5. The van der Waals surface area contributed by atoms with Crippen molar-refractivity contribution in [1.29, 1.82) is 0 Å². The first-order valence-corrected chi connectivity index (χ1v) is 17.3. The summed E-state index contributed by atoms with van der Waals surface area (Å²) < 4.78 is 35.5. The van der Waals surface area contributed by atoms with Crippen LogP contribution in [0.15, 0.2) is 0 Å². The molecule has 21 N–H and O–H groups in total. The van der Waals surface area contributed by atoms with Crippen molar-refractivity contribution in [3.8, 4) is 0 Å². The zero-order valence-electron chi connectivity index (χ0n) is 28.5. The molecule has 304 valence electrons. The van der Waals surface area contributed by atoms with Gasteiger partial charge in [-0.25, -0.2) is 0 Å². The Morgan fingerprint density at radius 3 is 2.02 bits per heavy atom. The smallest absolute Gasteiger partial charge is 0.251 e. The summed E-state index contributed by atoms with van der Waals surface area (Å²) in [4.78, 5) is 12.8. The van der Waals surface area contributed by atoms with Crippen LogP contribution >= 0.6 is 0 Å². The fourth-order valence-corrected chi connectivity index (χ4v) is 6.70. The molecule has 20 atom stereocenters. The molecule has 4 fully saturated rings. The first kappa shape index (κ1) is 43.4. The summed E-state index contributed by atoms with van der Waals surface area (Å²) in [5.41, 5.74) is 29.8. The molecule has 0 spiro atoms. The molecule has 1 aliphatic carbocycles. The highest BCUT2D eigenvalue weighted by Gasteiger charge is 2.54. The lowest BCUT2D eigenvalue weighted by Gasteiger charge is -2.47. The van der Waals surface area contributed by atoms with E-state index in [-0.39, 0.29) is 39.1 Å². The van der Waals surface area contributed by atoms with Gasteiger partial charge in [-0.05, 0) is 12.8 Å². The van der Waals surface area contributed by atoms with Crippen LogP contribution in [0.3, 0.4) is 0 Å². The lowest BCUT2D eigenvalue weighted by Crippen LogP contribution is -2.67. The van der Waals surface area contributed by atoms with Crippen LogP contribution in [-0.2, 0) is 33.2 Å². The third-order valence-corrected chi connectivity index (χ3v) is 9.78. The first-order valence-electron chi connectivity index (χ1n) is 17.3. The Morgan fingerprint density at radius 1 is 0.750 bits per heavy atom. The SMILES string of the molecule is NC[C@@H](O)[C@H](O)C(=O)N[C@@H]1C[C@H](N)[C@@H](O[C@H]2O[C@H](CNCCO)[C@@H](O)C[C@H]2N)[C@H](O[C@@H]2O[C@H](CO)[C@@H](O[C@H]3O[C@@H](CN)[C@@H](O)[C@H](O)[C@H]3N)[C@H]2O)[C@H]1O. The van der Waals surface area contributed by atoms with Gasteiger partial charge in [0.2, 0.25) is 0 Å². The fourth-order valence-electron chi connectivity index (χ4n) is 6.70. The number of nitrogens with one attached hydrogen (secondary N) is 2. The molecule has 0 bridgehead atoms. The number of amides is 1. The number of hydrogen-bond donors (Lipinski definition) is 16. The van der Waals surface area contributed by atoms with Gasteiger partial charge in [0, 0.05) is 32.2 Å². The van der Waals surface area contributed by atoms with Gasteiger partial charge in [-0.1, -0.05) is 0 Å². The Hall–Kier alpha value is -1.37. The number of ether oxygens (including phenoxy) is 6. The molecular weight excluding hydrogens is 702 g/mol. The second kappa shape index (κ2) is 19.5. The van der Waals surface area contributed by atoms with E-state index in [4.69, 9.17) is 62.2 Å². The minimum atomic E-state index is -1.95. The zero-order chi connectivity index (χ0) is 38.4. The van der Waals surface area contributed by atoms with Crippen molar-refractivity contribution in [3.05, 3.63) is 0 Å². The van der Waals surface area contributed by atoms with Crippen LogP contribution in [-0.4, -0.2) is 214 Å². The summed E-state index contributed by atoms with van der Waals surface area (Å²) >= 11 is 0. The van der Waals surface area contributed by atoms with Crippen molar-refractivity contribution < 1.29 is 79.2 Å². The van der Waals surface area contributed by atoms with E-state index in [2.05, 4.69) is 10.6 Å². The third kappa shape index (κ3) is 9.89. The maximum atomic E-state index is 12.8. The summed E-state index contributed by atoms with van der Waals surface area (Å²) in [6.07, 6.45) is -22.8. The van der Waals surface area contributed by atoms with Gasteiger partial charge in [-0.3, -0.25) is 4.79 Å². The van der Waals surface area contributed by atoms with Crippen LogP contribution in [0, 0.1) is 0 Å². The number of carbonyl (C=O) groups excluding carboxylic acids is 1. The molecule has 0 radical (unpaired) electrons. The van der Waals surface area contributed by atoms with E-state index in [0.717, 1.165) is 0 Å².